The molecule has 0 radical (unpaired) electrons. The summed E-state index contributed by atoms with van der Waals surface area (Å²) in [6.07, 6.45) is 1.23. The summed E-state index contributed by atoms with van der Waals surface area (Å²) >= 11 is 4.73. The number of carbonyl (C=O) groups excluding carboxylic acids is 1. The Morgan fingerprint density at radius 3 is 2.47 bits per heavy atom. The zero-order chi connectivity index (χ0) is 22.9. The first kappa shape index (κ1) is 22.6. The van der Waals surface area contributed by atoms with Crippen LogP contribution < -0.4 is 0 Å². The van der Waals surface area contributed by atoms with Gasteiger partial charge in [-0.3, -0.25) is 0 Å². The monoisotopic (exact) mass is 529 g/mol. The van der Waals surface area contributed by atoms with Crippen molar-refractivity contribution in [3.05, 3.63) is 105 Å². The Labute approximate surface area is 200 Å². The molecule has 0 spiro atoms. The fraction of sp³-hybridized carbons (Fsp3) is 0.125. The molecule has 0 N–H and O–H groups in total. The number of esters is 1. The highest BCUT2D eigenvalue weighted by Gasteiger charge is 2.40. The first-order chi connectivity index (χ1) is 15.3. The second-order valence-electron chi connectivity index (χ2n) is 7.22. The molecular formula is C24H20BrNO4S2. The van der Waals surface area contributed by atoms with E-state index in [1.54, 1.807) is 24.3 Å². The summed E-state index contributed by atoms with van der Waals surface area (Å²) in [6, 6.07) is 21.2. The van der Waals surface area contributed by atoms with Gasteiger partial charge in [0.25, 0.3) is 10.0 Å². The van der Waals surface area contributed by atoms with Crippen molar-refractivity contribution >= 4 is 43.7 Å². The Morgan fingerprint density at radius 1 is 1.06 bits per heavy atom. The van der Waals surface area contributed by atoms with E-state index in [2.05, 4.69) is 15.9 Å². The van der Waals surface area contributed by atoms with Crippen LogP contribution in [0.15, 0.2) is 98.2 Å². The molecule has 0 saturated carbocycles. The van der Waals surface area contributed by atoms with Crippen LogP contribution in [0.25, 0.3) is 0 Å². The second-order valence-corrected chi connectivity index (χ2v) is 11.0. The van der Waals surface area contributed by atoms with E-state index in [1.807, 2.05) is 55.5 Å². The van der Waals surface area contributed by atoms with Crippen molar-refractivity contribution in [1.82, 2.24) is 4.31 Å². The van der Waals surface area contributed by atoms with Gasteiger partial charge in [0.15, 0.2) is 0 Å². The minimum absolute atomic E-state index is 0.152. The molecule has 1 aliphatic rings. The van der Waals surface area contributed by atoms with E-state index in [-0.39, 0.29) is 9.92 Å². The SMILES string of the molecule is COC(=O)/C=C1\Sc2ccccc2[C@@H](c2cccc(Br)c2)N1S(=O)(=O)c1ccc(C)cc1. The molecule has 0 aliphatic carbocycles. The van der Waals surface area contributed by atoms with Crippen molar-refractivity contribution in [1.29, 1.82) is 0 Å². The van der Waals surface area contributed by atoms with Crippen LogP contribution in [-0.4, -0.2) is 25.8 Å². The third-order valence-electron chi connectivity index (χ3n) is 5.06. The molecule has 0 unspecified atom stereocenters. The number of carbonyl (C=O) groups is 1. The number of thioether (sulfide) groups is 1. The highest BCUT2D eigenvalue weighted by atomic mass is 79.9. The van der Waals surface area contributed by atoms with Crippen molar-refractivity contribution in [2.24, 2.45) is 0 Å². The van der Waals surface area contributed by atoms with Gasteiger partial charge in [-0.1, -0.05) is 75.7 Å². The third kappa shape index (κ3) is 4.35. The van der Waals surface area contributed by atoms with E-state index in [0.717, 1.165) is 26.1 Å². The minimum atomic E-state index is -4.01. The third-order valence-corrected chi connectivity index (χ3v) is 8.58. The number of nitrogens with zero attached hydrogens (tertiary/aromatic N) is 1. The molecule has 1 aliphatic heterocycles. The lowest BCUT2D eigenvalue weighted by molar-refractivity contribution is -0.134. The maximum Gasteiger partial charge on any atom is 0.333 e. The van der Waals surface area contributed by atoms with Gasteiger partial charge in [0.2, 0.25) is 0 Å². The summed E-state index contributed by atoms with van der Waals surface area (Å²) in [5, 5.41) is 0.279. The number of aryl methyl sites for hydroxylation is 1. The van der Waals surface area contributed by atoms with Gasteiger partial charge in [-0.15, -0.1) is 0 Å². The standard InChI is InChI=1S/C24H20BrNO4S2/c1-16-10-12-19(13-11-16)32(28,29)26-22(15-23(27)30-2)31-21-9-4-3-8-20(21)24(26)17-6-5-7-18(25)14-17/h3-15,24H,1-2H3/b22-15-/t24-/m1/s1. The molecule has 4 rings (SSSR count). The average Bonchev–Trinajstić information content (AvgIpc) is 2.78. The molecule has 3 aromatic carbocycles. The van der Waals surface area contributed by atoms with Crippen molar-refractivity contribution in [3.63, 3.8) is 0 Å². The van der Waals surface area contributed by atoms with E-state index in [9.17, 15) is 13.2 Å². The van der Waals surface area contributed by atoms with Gasteiger partial charge in [-0.2, -0.15) is 0 Å². The van der Waals surface area contributed by atoms with Crippen LogP contribution in [0, 0.1) is 6.92 Å². The van der Waals surface area contributed by atoms with E-state index in [1.165, 1.54) is 29.3 Å². The van der Waals surface area contributed by atoms with Gasteiger partial charge >= 0.3 is 5.97 Å². The lowest BCUT2D eigenvalue weighted by Gasteiger charge is -2.39. The van der Waals surface area contributed by atoms with Gasteiger partial charge in [-0.05, 0) is 48.4 Å². The Bertz CT molecular complexity index is 1300. The quantitative estimate of drug-likeness (QED) is 0.322. The first-order valence-electron chi connectivity index (χ1n) is 9.74. The van der Waals surface area contributed by atoms with Gasteiger partial charge < -0.3 is 4.74 Å². The number of hydrogen-bond acceptors (Lipinski definition) is 5. The van der Waals surface area contributed by atoms with E-state index < -0.39 is 22.0 Å². The second kappa shape index (κ2) is 9.13. The Hall–Kier alpha value is -2.55. The predicted octanol–water partition coefficient (Wildman–Crippen LogP) is 5.66. The molecular weight excluding hydrogens is 510 g/mol. The van der Waals surface area contributed by atoms with Crippen molar-refractivity contribution in [2.45, 2.75) is 22.8 Å². The van der Waals surface area contributed by atoms with Crippen LogP contribution in [0.3, 0.4) is 0 Å². The number of benzene rings is 3. The Balaban J connectivity index is 2.00. The fourth-order valence-corrected chi connectivity index (χ4v) is 6.89. The van der Waals surface area contributed by atoms with Gasteiger partial charge in [0, 0.05) is 9.37 Å². The zero-order valence-corrected chi connectivity index (χ0v) is 20.6. The number of methoxy groups -OCH3 is 1. The number of sulfonamides is 1. The normalized spacial score (nSPS) is 17.2. The topological polar surface area (TPSA) is 63.7 Å². The molecule has 32 heavy (non-hydrogen) atoms. The summed E-state index contributed by atoms with van der Waals surface area (Å²) in [6.45, 7) is 1.90. The molecule has 164 valence electrons. The van der Waals surface area contributed by atoms with Crippen LogP contribution in [0.4, 0.5) is 0 Å². The van der Waals surface area contributed by atoms with Crippen LogP contribution in [0.1, 0.15) is 22.7 Å². The van der Waals surface area contributed by atoms with E-state index in [4.69, 9.17) is 4.74 Å². The molecule has 0 aromatic heterocycles. The number of halogens is 1. The molecule has 0 fully saturated rings. The summed E-state index contributed by atoms with van der Waals surface area (Å²) < 4.78 is 34.9. The molecule has 0 saturated heterocycles. The maximum absolute atomic E-state index is 14.0. The smallest absolute Gasteiger partial charge is 0.333 e. The molecule has 5 nitrogen and oxygen atoms in total. The van der Waals surface area contributed by atoms with Crippen LogP contribution in [0.5, 0.6) is 0 Å². The summed E-state index contributed by atoms with van der Waals surface area (Å²) in [5.74, 6) is -0.621. The number of fused-ring (bicyclic) bond motifs is 1. The minimum Gasteiger partial charge on any atom is -0.466 e. The van der Waals surface area contributed by atoms with Crippen molar-refractivity contribution < 1.29 is 17.9 Å². The molecule has 0 amide bonds. The molecule has 1 heterocycles. The fourth-order valence-electron chi connectivity index (χ4n) is 3.54. The summed E-state index contributed by atoms with van der Waals surface area (Å²) in [5.41, 5.74) is 2.57. The lowest BCUT2D eigenvalue weighted by Crippen LogP contribution is -2.37. The number of ether oxygens (including phenoxy) is 1. The van der Waals surface area contributed by atoms with Gasteiger partial charge in [0.1, 0.15) is 0 Å². The molecule has 3 aromatic rings. The lowest BCUT2D eigenvalue weighted by atomic mass is 9.98. The van der Waals surface area contributed by atoms with Gasteiger partial charge in [-0.25, -0.2) is 17.5 Å². The predicted molar refractivity (Wildman–Crippen MR) is 129 cm³/mol. The molecule has 8 heteroatoms. The summed E-state index contributed by atoms with van der Waals surface area (Å²) in [4.78, 5) is 13.2. The maximum atomic E-state index is 14.0. The van der Waals surface area contributed by atoms with Crippen LogP contribution >= 0.6 is 27.7 Å². The first-order valence-corrected chi connectivity index (χ1v) is 12.8. The number of hydrogen-bond donors (Lipinski definition) is 0. The summed E-state index contributed by atoms with van der Waals surface area (Å²) in [7, 11) is -2.74. The largest absolute Gasteiger partial charge is 0.466 e. The Morgan fingerprint density at radius 2 is 1.78 bits per heavy atom. The molecule has 0 bridgehead atoms. The average molecular weight is 530 g/mol. The number of rotatable bonds is 4. The molecule has 1 atom stereocenters. The highest BCUT2D eigenvalue weighted by Crippen LogP contribution is 2.49. The highest BCUT2D eigenvalue weighted by molar-refractivity contribution is 9.10. The Kier molecular flexibility index (Phi) is 6.46. The van der Waals surface area contributed by atoms with E-state index in [0.29, 0.717) is 0 Å². The van der Waals surface area contributed by atoms with Crippen LogP contribution in [0.2, 0.25) is 0 Å². The zero-order valence-electron chi connectivity index (χ0n) is 17.4. The van der Waals surface area contributed by atoms with Gasteiger partial charge in [0.05, 0.1) is 29.2 Å². The van der Waals surface area contributed by atoms with E-state index >= 15 is 0 Å². The van der Waals surface area contributed by atoms with Crippen molar-refractivity contribution in [2.75, 3.05) is 7.11 Å². The van der Waals surface area contributed by atoms with Crippen molar-refractivity contribution in [3.8, 4) is 0 Å². The van der Waals surface area contributed by atoms with Crippen LogP contribution in [-0.2, 0) is 19.6 Å².